The third-order valence-corrected chi connectivity index (χ3v) is 5.49. The standard InChI is InChI=1S/C25H21FN2O5/c1-32-18-7-8-19(20(13-18)33-2)23(29)21-22(16-3-5-17(26)6-4-16)28(25(31)24(21)30)14-15-9-11-27-12-10-15/h3-13,22,29H,14H2,1-2H3/b23-21-. The molecule has 1 aliphatic heterocycles. The molecule has 2 aromatic carbocycles. The van der Waals surface area contributed by atoms with Gasteiger partial charge in [-0.05, 0) is 47.5 Å². The van der Waals surface area contributed by atoms with Gasteiger partial charge in [0.1, 0.15) is 23.1 Å². The first kappa shape index (κ1) is 22.0. The maximum atomic E-state index is 13.6. The van der Waals surface area contributed by atoms with Gasteiger partial charge in [-0.15, -0.1) is 0 Å². The van der Waals surface area contributed by atoms with Crippen LogP contribution in [0.2, 0.25) is 0 Å². The van der Waals surface area contributed by atoms with E-state index in [1.54, 1.807) is 42.7 Å². The second-order valence-electron chi connectivity index (χ2n) is 7.40. The number of pyridine rings is 1. The molecule has 0 aliphatic carbocycles. The fraction of sp³-hybridized carbons (Fsp3) is 0.160. The lowest BCUT2D eigenvalue weighted by molar-refractivity contribution is -0.140. The number of aromatic nitrogens is 1. The summed E-state index contributed by atoms with van der Waals surface area (Å²) in [6, 6.07) is 12.7. The molecule has 1 fully saturated rings. The minimum atomic E-state index is -0.925. The Balaban J connectivity index is 1.89. The number of carbonyl (C=O) groups excluding carboxylic acids is 2. The number of rotatable bonds is 6. The van der Waals surface area contributed by atoms with Crippen molar-refractivity contribution in [2.24, 2.45) is 0 Å². The monoisotopic (exact) mass is 448 g/mol. The molecule has 33 heavy (non-hydrogen) atoms. The van der Waals surface area contributed by atoms with Gasteiger partial charge in [0.15, 0.2) is 0 Å². The van der Waals surface area contributed by atoms with Crippen LogP contribution in [0.5, 0.6) is 11.5 Å². The van der Waals surface area contributed by atoms with Crippen molar-refractivity contribution in [3.63, 3.8) is 0 Å². The predicted molar refractivity (Wildman–Crippen MR) is 118 cm³/mol. The van der Waals surface area contributed by atoms with Crippen LogP contribution in [0, 0.1) is 5.82 Å². The SMILES string of the molecule is COc1ccc(/C(O)=C2/C(=O)C(=O)N(Cc3ccncc3)C2c2ccc(F)cc2)c(OC)c1. The Kier molecular flexibility index (Phi) is 6.08. The Hall–Kier alpha value is -4.20. The number of Topliss-reactive ketones (excluding diaryl/α,β-unsaturated/α-hetero) is 1. The van der Waals surface area contributed by atoms with Crippen LogP contribution in [0.3, 0.4) is 0 Å². The number of benzene rings is 2. The van der Waals surface area contributed by atoms with E-state index in [2.05, 4.69) is 4.98 Å². The van der Waals surface area contributed by atoms with E-state index in [1.807, 2.05) is 0 Å². The number of halogens is 1. The number of hydrogen-bond acceptors (Lipinski definition) is 6. The molecule has 0 radical (unpaired) electrons. The van der Waals surface area contributed by atoms with Gasteiger partial charge in [-0.1, -0.05) is 12.1 Å². The molecule has 0 saturated carbocycles. The first-order valence-electron chi connectivity index (χ1n) is 10.1. The van der Waals surface area contributed by atoms with Gasteiger partial charge in [0.2, 0.25) is 0 Å². The van der Waals surface area contributed by atoms with E-state index in [1.165, 1.54) is 43.4 Å². The second kappa shape index (κ2) is 9.12. The van der Waals surface area contributed by atoms with Crippen LogP contribution in [0.4, 0.5) is 4.39 Å². The van der Waals surface area contributed by atoms with E-state index in [0.717, 1.165) is 5.56 Å². The summed E-state index contributed by atoms with van der Waals surface area (Å²) in [7, 11) is 2.92. The zero-order chi connectivity index (χ0) is 23.5. The molecule has 8 heteroatoms. The molecule has 1 atom stereocenters. The number of ketones is 1. The highest BCUT2D eigenvalue weighted by atomic mass is 19.1. The van der Waals surface area contributed by atoms with Crippen LogP contribution >= 0.6 is 0 Å². The quantitative estimate of drug-likeness (QED) is 0.350. The highest BCUT2D eigenvalue weighted by molar-refractivity contribution is 6.46. The van der Waals surface area contributed by atoms with E-state index in [0.29, 0.717) is 11.3 Å². The molecule has 168 valence electrons. The molecule has 0 spiro atoms. The van der Waals surface area contributed by atoms with Crippen LogP contribution < -0.4 is 9.47 Å². The van der Waals surface area contributed by atoms with Crippen LogP contribution in [-0.4, -0.2) is 40.9 Å². The number of likely N-dealkylation sites (tertiary alicyclic amines) is 1. The molecule has 1 unspecified atom stereocenters. The molecule has 1 N–H and O–H groups in total. The number of aliphatic hydroxyl groups excluding tert-OH is 1. The molecule has 0 bridgehead atoms. The van der Waals surface area contributed by atoms with Crippen molar-refractivity contribution in [1.29, 1.82) is 0 Å². The number of aliphatic hydroxyl groups is 1. The molecular weight excluding hydrogens is 427 g/mol. The van der Waals surface area contributed by atoms with Gasteiger partial charge < -0.3 is 19.5 Å². The van der Waals surface area contributed by atoms with Crippen molar-refractivity contribution in [2.75, 3.05) is 14.2 Å². The fourth-order valence-electron chi connectivity index (χ4n) is 3.86. The molecule has 4 rings (SSSR count). The highest BCUT2D eigenvalue weighted by Crippen LogP contribution is 2.42. The summed E-state index contributed by atoms with van der Waals surface area (Å²) in [6.45, 7) is 0.103. The predicted octanol–water partition coefficient (Wildman–Crippen LogP) is 3.86. The molecular formula is C25H21FN2O5. The van der Waals surface area contributed by atoms with Crippen LogP contribution in [0.15, 0.2) is 72.6 Å². The van der Waals surface area contributed by atoms with Crippen molar-refractivity contribution in [3.05, 3.63) is 95.1 Å². The summed E-state index contributed by atoms with van der Waals surface area (Å²) in [4.78, 5) is 31.5. The smallest absolute Gasteiger partial charge is 0.295 e. The molecule has 3 aromatic rings. The summed E-state index contributed by atoms with van der Waals surface area (Å²) in [5.74, 6) is -1.69. The Morgan fingerprint density at radius 2 is 1.73 bits per heavy atom. The van der Waals surface area contributed by atoms with Gasteiger partial charge in [-0.3, -0.25) is 14.6 Å². The van der Waals surface area contributed by atoms with Gasteiger partial charge in [0.05, 0.1) is 31.4 Å². The van der Waals surface area contributed by atoms with E-state index in [-0.39, 0.29) is 29.2 Å². The number of carbonyl (C=O) groups is 2. The van der Waals surface area contributed by atoms with Crippen LogP contribution in [0.1, 0.15) is 22.7 Å². The second-order valence-corrected chi connectivity index (χ2v) is 7.40. The zero-order valence-corrected chi connectivity index (χ0v) is 18.0. The third kappa shape index (κ3) is 4.15. The average molecular weight is 448 g/mol. The lowest BCUT2D eigenvalue weighted by Gasteiger charge is -2.25. The average Bonchev–Trinajstić information content (AvgIpc) is 3.09. The molecule has 1 aromatic heterocycles. The lowest BCUT2D eigenvalue weighted by atomic mass is 9.94. The molecule has 1 saturated heterocycles. The summed E-state index contributed by atoms with van der Waals surface area (Å²) in [6.07, 6.45) is 3.17. The minimum Gasteiger partial charge on any atom is -0.507 e. The van der Waals surface area contributed by atoms with E-state index in [4.69, 9.17) is 9.47 Å². The van der Waals surface area contributed by atoms with Gasteiger partial charge in [-0.25, -0.2) is 4.39 Å². The lowest BCUT2D eigenvalue weighted by Crippen LogP contribution is -2.29. The molecule has 1 amide bonds. The maximum Gasteiger partial charge on any atom is 0.295 e. The maximum absolute atomic E-state index is 13.6. The number of ether oxygens (including phenoxy) is 2. The highest BCUT2D eigenvalue weighted by Gasteiger charge is 2.46. The number of hydrogen-bond donors (Lipinski definition) is 1. The molecule has 1 aliphatic rings. The summed E-state index contributed by atoms with van der Waals surface area (Å²) in [5.41, 5.74) is 1.36. The summed E-state index contributed by atoms with van der Waals surface area (Å²) < 4.78 is 24.2. The Bertz CT molecular complexity index is 1230. The first-order chi connectivity index (χ1) is 15.9. The number of amides is 1. The summed E-state index contributed by atoms with van der Waals surface area (Å²) in [5, 5.41) is 11.2. The normalized spacial score (nSPS) is 17.3. The van der Waals surface area contributed by atoms with Crippen molar-refractivity contribution in [1.82, 2.24) is 9.88 Å². The Morgan fingerprint density at radius 3 is 2.36 bits per heavy atom. The van der Waals surface area contributed by atoms with Gasteiger partial charge in [-0.2, -0.15) is 0 Å². The number of methoxy groups -OCH3 is 2. The fourth-order valence-corrected chi connectivity index (χ4v) is 3.86. The van der Waals surface area contributed by atoms with E-state index < -0.39 is 23.5 Å². The van der Waals surface area contributed by atoms with E-state index in [9.17, 15) is 19.1 Å². The molecule has 2 heterocycles. The van der Waals surface area contributed by atoms with Crippen LogP contribution in [-0.2, 0) is 16.1 Å². The molecule has 7 nitrogen and oxygen atoms in total. The van der Waals surface area contributed by atoms with Gasteiger partial charge >= 0.3 is 0 Å². The van der Waals surface area contributed by atoms with Crippen molar-refractivity contribution in [2.45, 2.75) is 12.6 Å². The van der Waals surface area contributed by atoms with Crippen molar-refractivity contribution >= 4 is 17.4 Å². The van der Waals surface area contributed by atoms with Gasteiger partial charge in [0.25, 0.3) is 11.7 Å². The Morgan fingerprint density at radius 1 is 1.03 bits per heavy atom. The third-order valence-electron chi connectivity index (χ3n) is 5.49. The Labute approximate surface area is 189 Å². The van der Waals surface area contributed by atoms with Gasteiger partial charge in [0, 0.05) is 25.0 Å². The van der Waals surface area contributed by atoms with Crippen molar-refractivity contribution in [3.8, 4) is 11.5 Å². The first-order valence-corrected chi connectivity index (χ1v) is 10.1. The van der Waals surface area contributed by atoms with Crippen molar-refractivity contribution < 1.29 is 28.6 Å². The number of nitrogens with zero attached hydrogens (tertiary/aromatic N) is 2. The summed E-state index contributed by atoms with van der Waals surface area (Å²) >= 11 is 0. The topological polar surface area (TPSA) is 89.0 Å². The van der Waals surface area contributed by atoms with Crippen LogP contribution in [0.25, 0.3) is 5.76 Å². The largest absolute Gasteiger partial charge is 0.507 e. The minimum absolute atomic E-state index is 0.103. The zero-order valence-electron chi connectivity index (χ0n) is 18.0. The van der Waals surface area contributed by atoms with E-state index >= 15 is 0 Å².